The average molecular weight is 314 g/mol. The third kappa shape index (κ3) is 4.55. The van der Waals surface area contributed by atoms with E-state index in [2.05, 4.69) is 9.97 Å². The van der Waals surface area contributed by atoms with Gasteiger partial charge in [-0.05, 0) is 24.6 Å². The van der Waals surface area contributed by atoms with Crippen LogP contribution in [-0.2, 0) is 9.53 Å². The quantitative estimate of drug-likeness (QED) is 0.619. The van der Waals surface area contributed by atoms with Gasteiger partial charge in [0.2, 0.25) is 5.95 Å². The molecule has 2 atom stereocenters. The molecule has 2 rings (SSSR count). The van der Waals surface area contributed by atoms with Gasteiger partial charge in [-0.15, -0.1) is 0 Å². The van der Waals surface area contributed by atoms with Gasteiger partial charge in [-0.25, -0.2) is 4.98 Å². The van der Waals surface area contributed by atoms with Crippen LogP contribution in [0.15, 0.2) is 11.1 Å². The number of hydrogen-bond acceptors (Lipinski definition) is 8. The molecule has 1 aliphatic heterocycles. The van der Waals surface area contributed by atoms with Crippen LogP contribution >= 0.6 is 11.8 Å². The maximum absolute atomic E-state index is 10.6. The van der Waals surface area contributed by atoms with Crippen molar-refractivity contribution in [1.82, 2.24) is 9.97 Å². The van der Waals surface area contributed by atoms with Gasteiger partial charge in [-0.3, -0.25) is 4.79 Å². The third-order valence-corrected chi connectivity index (χ3v) is 3.62. The molecule has 1 aliphatic rings. The smallest absolute Gasteiger partial charge is 0.222 e. The molecule has 0 spiro atoms. The molecule has 0 radical (unpaired) electrons. The molecule has 0 saturated carbocycles. The summed E-state index contributed by atoms with van der Waals surface area (Å²) in [6, 6.07) is 0. The molecule has 8 heteroatoms. The molecule has 0 bridgehead atoms. The Balaban J connectivity index is 0.00000106. The van der Waals surface area contributed by atoms with E-state index in [1.165, 1.54) is 6.20 Å². The van der Waals surface area contributed by atoms with Gasteiger partial charge in [0.15, 0.2) is 5.62 Å². The van der Waals surface area contributed by atoms with Crippen molar-refractivity contribution < 1.29 is 14.6 Å². The minimum atomic E-state index is -0.183. The number of carbonyl (C=O) groups excluding carboxylic acids is 1. The summed E-state index contributed by atoms with van der Waals surface area (Å²) in [4.78, 5) is 21.1. The summed E-state index contributed by atoms with van der Waals surface area (Å²) >= 11 is 0.997. The van der Waals surface area contributed by atoms with Crippen LogP contribution in [0.5, 0.6) is 0 Å². The Hall–Kier alpha value is -1.38. The number of hydrogen-bond donors (Lipinski definition) is 2. The molecule has 2 unspecified atom stereocenters. The number of aromatic nitrogens is 2. The van der Waals surface area contributed by atoms with E-state index in [-0.39, 0.29) is 24.9 Å². The number of carbonyl (C=O) groups is 1. The Labute approximate surface area is 128 Å². The summed E-state index contributed by atoms with van der Waals surface area (Å²) in [6.45, 7) is 4.01. The topological polar surface area (TPSA) is 102 Å². The molecule has 1 saturated heterocycles. The second-order valence-electron chi connectivity index (χ2n) is 4.21. The number of aliphatic hydroxyl groups is 1. The van der Waals surface area contributed by atoms with Crippen molar-refractivity contribution >= 4 is 29.1 Å². The molecule has 1 aromatic rings. The number of ether oxygens (including phenoxy) is 1. The van der Waals surface area contributed by atoms with Crippen LogP contribution in [0, 0.1) is 0 Å². The highest BCUT2D eigenvalue weighted by Crippen LogP contribution is 2.31. The van der Waals surface area contributed by atoms with Crippen LogP contribution in [-0.4, -0.2) is 46.7 Å². The lowest BCUT2D eigenvalue weighted by Gasteiger charge is -2.26. The second-order valence-corrected chi connectivity index (χ2v) is 5.08. The van der Waals surface area contributed by atoms with Gasteiger partial charge in [0.05, 0.1) is 17.6 Å². The largest absolute Gasteiger partial charge is 0.394 e. The number of nitrogens with two attached hydrogens (primary N) is 1. The second kappa shape index (κ2) is 8.81. The fourth-order valence-corrected chi connectivity index (χ4v) is 2.52. The Morgan fingerprint density at radius 2 is 2.29 bits per heavy atom. The van der Waals surface area contributed by atoms with Crippen LogP contribution in [0.3, 0.4) is 0 Å². The van der Waals surface area contributed by atoms with Crippen molar-refractivity contribution in [3.63, 3.8) is 0 Å². The Morgan fingerprint density at radius 1 is 1.57 bits per heavy atom. The summed E-state index contributed by atoms with van der Waals surface area (Å²) < 4.78 is 5.68. The average Bonchev–Trinajstić information content (AvgIpc) is 2.99. The van der Waals surface area contributed by atoms with Crippen LogP contribution in [0.2, 0.25) is 0 Å². The van der Waals surface area contributed by atoms with E-state index >= 15 is 0 Å². The number of nitrogen functional groups attached to an aromatic ring is 1. The highest BCUT2D eigenvalue weighted by molar-refractivity contribution is 8.12. The van der Waals surface area contributed by atoms with Gasteiger partial charge in [-0.1, -0.05) is 13.8 Å². The monoisotopic (exact) mass is 314 g/mol. The molecule has 21 heavy (non-hydrogen) atoms. The lowest BCUT2D eigenvalue weighted by molar-refractivity contribution is 0.0122. The Kier molecular flexibility index (Phi) is 7.41. The van der Waals surface area contributed by atoms with Gasteiger partial charge in [0.1, 0.15) is 12.0 Å². The first-order valence-electron chi connectivity index (χ1n) is 6.87. The van der Waals surface area contributed by atoms with Gasteiger partial charge < -0.3 is 20.5 Å². The minimum Gasteiger partial charge on any atom is -0.394 e. The zero-order valence-corrected chi connectivity index (χ0v) is 13.3. The third-order valence-electron chi connectivity index (χ3n) is 2.98. The Morgan fingerprint density at radius 3 is 2.86 bits per heavy atom. The molecule has 0 amide bonds. The molecule has 1 fully saturated rings. The summed E-state index contributed by atoms with van der Waals surface area (Å²) in [5.41, 5.74) is 6.31. The lowest BCUT2D eigenvalue weighted by atomic mass is 10.2. The highest BCUT2D eigenvalue weighted by Gasteiger charge is 2.29. The summed E-state index contributed by atoms with van der Waals surface area (Å²) in [7, 11) is 1.82. The molecule has 7 nitrogen and oxygen atoms in total. The maximum atomic E-state index is 10.6. The molecule has 0 aromatic carbocycles. The van der Waals surface area contributed by atoms with Gasteiger partial charge >= 0.3 is 0 Å². The summed E-state index contributed by atoms with van der Waals surface area (Å²) in [5, 5.41) is 9.08. The number of aliphatic hydroxyl groups excluding tert-OH is 1. The van der Waals surface area contributed by atoms with Crippen molar-refractivity contribution in [2.24, 2.45) is 0 Å². The normalized spacial score (nSPS) is 20.6. The van der Waals surface area contributed by atoms with Gasteiger partial charge in [0, 0.05) is 13.2 Å². The van der Waals surface area contributed by atoms with E-state index < -0.39 is 0 Å². The van der Waals surface area contributed by atoms with Crippen molar-refractivity contribution in [1.29, 1.82) is 0 Å². The predicted molar refractivity (Wildman–Crippen MR) is 83.8 cm³/mol. The molecule has 2 heterocycles. The first-order chi connectivity index (χ1) is 10.2. The molecular weight excluding hydrogens is 292 g/mol. The molecular formula is C13H22N4O3S. The first-order valence-corrected chi connectivity index (χ1v) is 7.75. The number of nitrogens with zero attached hydrogens (tertiary/aromatic N) is 3. The van der Waals surface area contributed by atoms with E-state index in [9.17, 15) is 4.79 Å². The standard InChI is InChI=1S/C11H16N4O3S.C2H6/c1-15(9-3-2-7(5-16)18-9)10-8(19-6-17)4-13-11(12)14-10;1-2/h4,6-7,9,16H,2-3,5H2,1H3,(H2,12,13,14);1-2H3. The Bertz CT molecular complexity index is 461. The van der Waals surface area contributed by atoms with E-state index in [1.807, 2.05) is 25.8 Å². The fraction of sp³-hybridized carbons (Fsp3) is 0.615. The van der Waals surface area contributed by atoms with Crippen molar-refractivity contribution in [2.75, 3.05) is 24.3 Å². The van der Waals surface area contributed by atoms with E-state index in [4.69, 9.17) is 15.6 Å². The van der Waals surface area contributed by atoms with Gasteiger partial charge in [-0.2, -0.15) is 4.98 Å². The van der Waals surface area contributed by atoms with Crippen LogP contribution in [0.4, 0.5) is 11.8 Å². The zero-order valence-electron chi connectivity index (χ0n) is 12.5. The van der Waals surface area contributed by atoms with E-state index in [0.29, 0.717) is 10.7 Å². The summed E-state index contributed by atoms with van der Waals surface area (Å²) in [6.07, 6.45) is 2.77. The number of rotatable bonds is 5. The lowest BCUT2D eigenvalue weighted by Crippen LogP contribution is -2.33. The SMILES string of the molecule is CC.CN(c1nc(N)ncc1SC=O)C1CCC(CO)O1. The van der Waals surface area contributed by atoms with Crippen LogP contribution in [0.25, 0.3) is 0 Å². The van der Waals surface area contributed by atoms with E-state index in [0.717, 1.165) is 30.2 Å². The highest BCUT2D eigenvalue weighted by atomic mass is 32.2. The predicted octanol–water partition coefficient (Wildman–Crippen LogP) is 1.30. The zero-order chi connectivity index (χ0) is 15.8. The van der Waals surface area contributed by atoms with Gasteiger partial charge in [0.25, 0.3) is 0 Å². The van der Waals surface area contributed by atoms with Crippen molar-refractivity contribution in [3.05, 3.63) is 6.20 Å². The molecule has 1 aromatic heterocycles. The first kappa shape index (κ1) is 17.7. The molecule has 118 valence electrons. The van der Waals surface area contributed by atoms with Crippen molar-refractivity contribution in [3.8, 4) is 0 Å². The van der Waals surface area contributed by atoms with Crippen molar-refractivity contribution in [2.45, 2.75) is 43.9 Å². The fourth-order valence-electron chi connectivity index (χ4n) is 2.00. The maximum Gasteiger partial charge on any atom is 0.222 e. The minimum absolute atomic E-state index is 0.00615. The number of anilines is 2. The summed E-state index contributed by atoms with van der Waals surface area (Å²) in [5.74, 6) is 0.710. The van der Waals surface area contributed by atoms with Crippen LogP contribution < -0.4 is 10.6 Å². The molecule has 0 aliphatic carbocycles. The van der Waals surface area contributed by atoms with E-state index in [1.54, 1.807) is 0 Å². The van der Waals surface area contributed by atoms with Crippen LogP contribution in [0.1, 0.15) is 26.7 Å². The number of thioether (sulfide) groups is 1. The molecule has 3 N–H and O–H groups in total.